The maximum Gasteiger partial charge on any atom is 0.339 e. The van der Waals surface area contributed by atoms with Gasteiger partial charge in [-0.3, -0.25) is 4.79 Å². The number of rotatable bonds is 5. The highest BCUT2D eigenvalue weighted by atomic mass is 19.1. The molecule has 2 rings (SSSR count). The SMILES string of the molecule is Cc1ccc(C(=O)OC(C)C(=O)NCc2ccco2)cc1F. The average molecular weight is 305 g/mol. The first kappa shape index (κ1) is 15.8. The number of hydrogen-bond acceptors (Lipinski definition) is 4. The fourth-order valence-corrected chi connectivity index (χ4v) is 1.73. The average Bonchev–Trinajstić information content (AvgIpc) is 3.00. The van der Waals surface area contributed by atoms with Crippen LogP contribution in [0, 0.1) is 12.7 Å². The summed E-state index contributed by atoms with van der Waals surface area (Å²) in [5, 5.41) is 2.58. The lowest BCUT2D eigenvalue weighted by molar-refractivity contribution is -0.129. The molecule has 1 aromatic heterocycles. The number of aryl methyl sites for hydroxylation is 1. The van der Waals surface area contributed by atoms with E-state index in [0.717, 1.165) is 6.07 Å². The molecular formula is C16H16FNO4. The van der Waals surface area contributed by atoms with Crippen LogP contribution in [0.25, 0.3) is 0 Å². The maximum absolute atomic E-state index is 13.4. The van der Waals surface area contributed by atoms with Crippen molar-refractivity contribution in [2.24, 2.45) is 0 Å². The molecule has 1 amide bonds. The van der Waals surface area contributed by atoms with E-state index in [1.807, 2.05) is 0 Å². The van der Waals surface area contributed by atoms with Crippen LogP contribution < -0.4 is 5.32 Å². The van der Waals surface area contributed by atoms with Crippen molar-refractivity contribution < 1.29 is 23.1 Å². The molecule has 1 heterocycles. The molecule has 116 valence electrons. The van der Waals surface area contributed by atoms with Gasteiger partial charge in [-0.25, -0.2) is 9.18 Å². The van der Waals surface area contributed by atoms with Gasteiger partial charge in [-0.2, -0.15) is 0 Å². The second-order valence-electron chi connectivity index (χ2n) is 4.81. The second kappa shape index (κ2) is 6.89. The van der Waals surface area contributed by atoms with Crippen molar-refractivity contribution in [3.8, 4) is 0 Å². The number of benzene rings is 1. The van der Waals surface area contributed by atoms with Crippen molar-refractivity contribution in [1.82, 2.24) is 5.32 Å². The lowest BCUT2D eigenvalue weighted by Crippen LogP contribution is -2.35. The number of nitrogens with one attached hydrogen (secondary N) is 1. The second-order valence-corrected chi connectivity index (χ2v) is 4.81. The van der Waals surface area contributed by atoms with Gasteiger partial charge in [-0.05, 0) is 43.7 Å². The van der Waals surface area contributed by atoms with Gasteiger partial charge in [-0.1, -0.05) is 6.07 Å². The lowest BCUT2D eigenvalue weighted by atomic mass is 10.1. The normalized spacial score (nSPS) is 11.8. The van der Waals surface area contributed by atoms with Crippen LogP contribution >= 0.6 is 0 Å². The number of carbonyl (C=O) groups is 2. The molecular weight excluding hydrogens is 289 g/mol. The van der Waals surface area contributed by atoms with E-state index in [0.29, 0.717) is 11.3 Å². The van der Waals surface area contributed by atoms with Crippen LogP contribution in [-0.4, -0.2) is 18.0 Å². The molecule has 0 aliphatic rings. The summed E-state index contributed by atoms with van der Waals surface area (Å²) in [6.07, 6.45) is 0.503. The molecule has 0 aliphatic heterocycles. The smallest absolute Gasteiger partial charge is 0.339 e. The van der Waals surface area contributed by atoms with E-state index in [4.69, 9.17) is 9.15 Å². The highest BCUT2D eigenvalue weighted by Crippen LogP contribution is 2.11. The monoisotopic (exact) mass is 305 g/mol. The number of hydrogen-bond donors (Lipinski definition) is 1. The summed E-state index contributed by atoms with van der Waals surface area (Å²) < 4.78 is 23.5. The van der Waals surface area contributed by atoms with E-state index < -0.39 is 23.8 Å². The molecule has 22 heavy (non-hydrogen) atoms. The number of halogens is 1. The number of ether oxygens (including phenoxy) is 1. The van der Waals surface area contributed by atoms with Crippen molar-refractivity contribution in [3.05, 3.63) is 59.3 Å². The number of furan rings is 1. The van der Waals surface area contributed by atoms with Crippen LogP contribution in [0.2, 0.25) is 0 Å². The first-order chi connectivity index (χ1) is 10.5. The van der Waals surface area contributed by atoms with Gasteiger partial charge in [0.25, 0.3) is 5.91 Å². The van der Waals surface area contributed by atoms with E-state index in [-0.39, 0.29) is 12.1 Å². The number of esters is 1. The predicted molar refractivity (Wildman–Crippen MR) is 76.6 cm³/mol. The molecule has 0 fully saturated rings. The maximum atomic E-state index is 13.4. The van der Waals surface area contributed by atoms with Crippen LogP contribution in [0.4, 0.5) is 4.39 Å². The van der Waals surface area contributed by atoms with Crippen LogP contribution in [0.5, 0.6) is 0 Å². The van der Waals surface area contributed by atoms with E-state index in [9.17, 15) is 14.0 Å². The zero-order valence-corrected chi connectivity index (χ0v) is 12.3. The van der Waals surface area contributed by atoms with Gasteiger partial charge in [0.2, 0.25) is 0 Å². The predicted octanol–water partition coefficient (Wildman–Crippen LogP) is 2.59. The van der Waals surface area contributed by atoms with Gasteiger partial charge in [-0.15, -0.1) is 0 Å². The van der Waals surface area contributed by atoms with Crippen molar-refractivity contribution in [2.45, 2.75) is 26.5 Å². The molecule has 0 saturated carbocycles. The topological polar surface area (TPSA) is 68.5 Å². The van der Waals surface area contributed by atoms with Gasteiger partial charge in [0, 0.05) is 0 Å². The number of carbonyl (C=O) groups excluding carboxylic acids is 2. The molecule has 0 saturated heterocycles. The lowest BCUT2D eigenvalue weighted by Gasteiger charge is -2.13. The Labute approximate surface area is 127 Å². The fourth-order valence-electron chi connectivity index (χ4n) is 1.73. The van der Waals surface area contributed by atoms with Gasteiger partial charge in [0.05, 0.1) is 18.4 Å². The fraction of sp³-hybridized carbons (Fsp3) is 0.250. The van der Waals surface area contributed by atoms with Crippen molar-refractivity contribution in [1.29, 1.82) is 0 Å². The Morgan fingerprint density at radius 3 is 2.77 bits per heavy atom. The first-order valence-corrected chi connectivity index (χ1v) is 6.74. The molecule has 6 heteroatoms. The summed E-state index contributed by atoms with van der Waals surface area (Å²) in [5.41, 5.74) is 0.495. The zero-order valence-electron chi connectivity index (χ0n) is 12.3. The van der Waals surface area contributed by atoms with E-state index >= 15 is 0 Å². The molecule has 2 aromatic rings. The van der Waals surface area contributed by atoms with Crippen LogP contribution in [0.15, 0.2) is 41.0 Å². The molecule has 1 N–H and O–H groups in total. The Bertz CT molecular complexity index is 667. The van der Waals surface area contributed by atoms with Crippen molar-refractivity contribution in [2.75, 3.05) is 0 Å². The Hall–Kier alpha value is -2.63. The summed E-state index contributed by atoms with van der Waals surface area (Å²) in [4.78, 5) is 23.7. The Balaban J connectivity index is 1.89. The summed E-state index contributed by atoms with van der Waals surface area (Å²) in [6.45, 7) is 3.24. The van der Waals surface area contributed by atoms with E-state index in [1.165, 1.54) is 25.3 Å². The third-order valence-corrected chi connectivity index (χ3v) is 3.08. The highest BCUT2D eigenvalue weighted by molar-refractivity contribution is 5.92. The van der Waals surface area contributed by atoms with Crippen molar-refractivity contribution in [3.63, 3.8) is 0 Å². The van der Waals surface area contributed by atoms with Crippen LogP contribution in [-0.2, 0) is 16.1 Å². The standard InChI is InChI=1S/C16H16FNO4/c1-10-5-6-12(8-14(10)17)16(20)22-11(2)15(19)18-9-13-4-3-7-21-13/h3-8,11H,9H2,1-2H3,(H,18,19). The number of amides is 1. The minimum Gasteiger partial charge on any atom is -0.467 e. The third kappa shape index (κ3) is 3.94. The first-order valence-electron chi connectivity index (χ1n) is 6.74. The minimum atomic E-state index is -0.994. The molecule has 0 radical (unpaired) electrons. The molecule has 5 nitrogen and oxygen atoms in total. The Kier molecular flexibility index (Phi) is 4.93. The molecule has 0 spiro atoms. The van der Waals surface area contributed by atoms with Crippen molar-refractivity contribution >= 4 is 11.9 Å². The summed E-state index contributed by atoms with van der Waals surface area (Å²) in [5.74, 6) is -1.12. The van der Waals surface area contributed by atoms with Crippen LogP contribution in [0.1, 0.15) is 28.6 Å². The summed E-state index contributed by atoms with van der Waals surface area (Å²) >= 11 is 0. The summed E-state index contributed by atoms with van der Waals surface area (Å²) in [6, 6.07) is 7.44. The molecule has 0 aliphatic carbocycles. The minimum absolute atomic E-state index is 0.0637. The van der Waals surface area contributed by atoms with Gasteiger partial charge >= 0.3 is 5.97 Å². The highest BCUT2D eigenvalue weighted by Gasteiger charge is 2.19. The Morgan fingerprint density at radius 1 is 1.36 bits per heavy atom. The van der Waals surface area contributed by atoms with Gasteiger partial charge in [0.15, 0.2) is 6.10 Å². The van der Waals surface area contributed by atoms with Gasteiger partial charge < -0.3 is 14.5 Å². The summed E-state index contributed by atoms with van der Waals surface area (Å²) in [7, 11) is 0. The molecule has 1 aromatic carbocycles. The molecule has 1 atom stereocenters. The van der Waals surface area contributed by atoms with E-state index in [1.54, 1.807) is 19.1 Å². The third-order valence-electron chi connectivity index (χ3n) is 3.08. The largest absolute Gasteiger partial charge is 0.467 e. The van der Waals surface area contributed by atoms with Crippen LogP contribution in [0.3, 0.4) is 0 Å². The molecule has 0 bridgehead atoms. The van der Waals surface area contributed by atoms with E-state index in [2.05, 4.69) is 5.32 Å². The van der Waals surface area contributed by atoms with Gasteiger partial charge in [0.1, 0.15) is 11.6 Å². The molecule has 1 unspecified atom stereocenters. The zero-order chi connectivity index (χ0) is 16.1. The Morgan fingerprint density at radius 2 is 2.14 bits per heavy atom. The quantitative estimate of drug-likeness (QED) is 0.862.